The molecule has 0 saturated carbocycles. The normalized spacial score (nSPS) is 10.7. The second-order valence-electron chi connectivity index (χ2n) is 5.27. The van der Waals surface area contributed by atoms with Crippen LogP contribution in [0.2, 0.25) is 0 Å². The molecular formula is C17H19N5O. The smallest absolute Gasteiger partial charge is 0.271 e. The molecule has 0 unspecified atom stereocenters. The monoisotopic (exact) mass is 309 g/mol. The summed E-state index contributed by atoms with van der Waals surface area (Å²) in [5, 5.41) is 14.1. The topological polar surface area (TPSA) is 75.6 Å². The van der Waals surface area contributed by atoms with Crippen molar-refractivity contribution in [1.82, 2.24) is 25.3 Å². The van der Waals surface area contributed by atoms with Gasteiger partial charge >= 0.3 is 0 Å². The molecule has 23 heavy (non-hydrogen) atoms. The maximum absolute atomic E-state index is 12.0. The number of hydrogen-bond donors (Lipinski definition) is 2. The first-order chi connectivity index (χ1) is 11.3. The number of aryl methyl sites for hydroxylation is 1. The van der Waals surface area contributed by atoms with E-state index in [0.29, 0.717) is 12.2 Å². The number of aromatic amines is 1. The van der Waals surface area contributed by atoms with Crippen molar-refractivity contribution in [3.8, 4) is 5.69 Å². The van der Waals surface area contributed by atoms with Crippen LogP contribution < -0.4 is 5.32 Å². The number of carbonyl (C=O) groups excluding carboxylic acids is 1. The molecule has 1 amide bonds. The first-order valence-electron chi connectivity index (χ1n) is 7.67. The van der Waals surface area contributed by atoms with Crippen LogP contribution in [0.3, 0.4) is 0 Å². The third-order valence-electron chi connectivity index (χ3n) is 3.60. The third-order valence-corrected chi connectivity index (χ3v) is 3.60. The van der Waals surface area contributed by atoms with Crippen LogP contribution in [0.25, 0.3) is 5.69 Å². The van der Waals surface area contributed by atoms with E-state index in [4.69, 9.17) is 0 Å². The Hall–Kier alpha value is -2.89. The van der Waals surface area contributed by atoms with Crippen LogP contribution in [-0.2, 0) is 12.8 Å². The van der Waals surface area contributed by atoms with Crippen LogP contribution >= 0.6 is 0 Å². The van der Waals surface area contributed by atoms with Crippen LogP contribution in [0.4, 0.5) is 0 Å². The highest BCUT2D eigenvalue weighted by molar-refractivity contribution is 5.92. The third kappa shape index (κ3) is 3.66. The predicted octanol–water partition coefficient (Wildman–Crippen LogP) is 2.13. The fourth-order valence-corrected chi connectivity index (χ4v) is 2.28. The molecule has 2 aromatic heterocycles. The van der Waals surface area contributed by atoms with Gasteiger partial charge in [-0.3, -0.25) is 9.89 Å². The van der Waals surface area contributed by atoms with Crippen molar-refractivity contribution in [2.24, 2.45) is 0 Å². The summed E-state index contributed by atoms with van der Waals surface area (Å²) in [6.45, 7) is 2.56. The molecule has 3 aromatic rings. The summed E-state index contributed by atoms with van der Waals surface area (Å²) in [7, 11) is 0. The lowest BCUT2D eigenvalue weighted by atomic mass is 10.2. The molecular weight excluding hydrogens is 290 g/mol. The molecule has 118 valence electrons. The van der Waals surface area contributed by atoms with Gasteiger partial charge in [0.15, 0.2) is 0 Å². The van der Waals surface area contributed by atoms with E-state index in [1.807, 2.05) is 54.3 Å². The molecule has 0 radical (unpaired) electrons. The van der Waals surface area contributed by atoms with Gasteiger partial charge in [0.1, 0.15) is 5.69 Å². The lowest BCUT2D eigenvalue weighted by molar-refractivity contribution is 0.0949. The summed E-state index contributed by atoms with van der Waals surface area (Å²) in [4.78, 5) is 12.0. The minimum absolute atomic E-state index is 0.156. The molecule has 0 aliphatic heterocycles. The summed E-state index contributed by atoms with van der Waals surface area (Å²) in [5.74, 6) is -0.156. The summed E-state index contributed by atoms with van der Waals surface area (Å²) in [6, 6.07) is 11.7. The van der Waals surface area contributed by atoms with Crippen molar-refractivity contribution in [3.05, 3.63) is 65.7 Å². The number of benzene rings is 1. The van der Waals surface area contributed by atoms with E-state index in [9.17, 15) is 4.79 Å². The highest BCUT2D eigenvalue weighted by Crippen LogP contribution is 2.08. The number of carbonyl (C=O) groups is 1. The van der Waals surface area contributed by atoms with E-state index < -0.39 is 0 Å². The summed E-state index contributed by atoms with van der Waals surface area (Å²) in [5.41, 5.74) is 3.48. The van der Waals surface area contributed by atoms with Gasteiger partial charge in [0, 0.05) is 18.4 Å². The quantitative estimate of drug-likeness (QED) is 0.732. The molecule has 0 saturated heterocycles. The predicted molar refractivity (Wildman–Crippen MR) is 87.6 cm³/mol. The molecule has 2 heterocycles. The zero-order valence-corrected chi connectivity index (χ0v) is 13.0. The highest BCUT2D eigenvalue weighted by Gasteiger charge is 2.09. The van der Waals surface area contributed by atoms with Crippen molar-refractivity contribution in [2.45, 2.75) is 19.8 Å². The molecule has 0 fully saturated rings. The summed E-state index contributed by atoms with van der Waals surface area (Å²) in [6.07, 6.45) is 5.36. The average molecular weight is 309 g/mol. The van der Waals surface area contributed by atoms with Crippen molar-refractivity contribution in [1.29, 1.82) is 0 Å². The highest BCUT2D eigenvalue weighted by atomic mass is 16.1. The Morgan fingerprint density at radius 2 is 2.13 bits per heavy atom. The Labute approximate surface area is 134 Å². The molecule has 0 aliphatic rings. The minimum atomic E-state index is -0.156. The molecule has 6 nitrogen and oxygen atoms in total. The Morgan fingerprint density at radius 3 is 2.87 bits per heavy atom. The standard InChI is InChI=1S/C17H19N5O/c1-2-14-10-16(21-20-14)17(23)18-9-8-13-11-19-22(12-13)15-6-4-3-5-7-15/h3-7,10-12H,2,8-9H2,1H3,(H,18,23)(H,20,21). The van der Waals surface area contributed by atoms with Crippen molar-refractivity contribution >= 4 is 5.91 Å². The summed E-state index contributed by atoms with van der Waals surface area (Å²) >= 11 is 0. The van der Waals surface area contributed by atoms with Gasteiger partial charge in [0.2, 0.25) is 0 Å². The van der Waals surface area contributed by atoms with Crippen molar-refractivity contribution < 1.29 is 4.79 Å². The van der Waals surface area contributed by atoms with Crippen LogP contribution in [0.5, 0.6) is 0 Å². The van der Waals surface area contributed by atoms with E-state index in [2.05, 4.69) is 20.6 Å². The van der Waals surface area contributed by atoms with E-state index in [1.54, 1.807) is 6.07 Å². The Balaban J connectivity index is 1.53. The second-order valence-corrected chi connectivity index (χ2v) is 5.27. The van der Waals surface area contributed by atoms with Gasteiger partial charge in [-0.2, -0.15) is 10.2 Å². The number of aromatic nitrogens is 4. The fourth-order valence-electron chi connectivity index (χ4n) is 2.28. The number of amides is 1. The summed E-state index contributed by atoms with van der Waals surface area (Å²) < 4.78 is 1.83. The van der Waals surface area contributed by atoms with Crippen LogP contribution in [0.15, 0.2) is 48.8 Å². The molecule has 6 heteroatoms. The molecule has 0 atom stereocenters. The Bertz CT molecular complexity index is 775. The lowest BCUT2D eigenvalue weighted by Gasteiger charge is -2.01. The van der Waals surface area contributed by atoms with Gasteiger partial charge in [0.25, 0.3) is 5.91 Å². The van der Waals surface area contributed by atoms with Crippen LogP contribution in [0.1, 0.15) is 28.7 Å². The van der Waals surface area contributed by atoms with Crippen LogP contribution in [-0.4, -0.2) is 32.4 Å². The van der Waals surface area contributed by atoms with E-state index in [-0.39, 0.29) is 5.91 Å². The fraction of sp³-hybridized carbons (Fsp3) is 0.235. The molecule has 2 N–H and O–H groups in total. The number of hydrogen-bond acceptors (Lipinski definition) is 3. The Morgan fingerprint density at radius 1 is 1.30 bits per heavy atom. The first-order valence-corrected chi connectivity index (χ1v) is 7.67. The van der Waals surface area contributed by atoms with Gasteiger partial charge in [-0.15, -0.1) is 0 Å². The molecule has 0 aliphatic carbocycles. The largest absolute Gasteiger partial charge is 0.350 e. The SMILES string of the molecule is CCc1cc(C(=O)NCCc2cnn(-c3ccccc3)c2)n[nH]1. The molecule has 0 bridgehead atoms. The van der Waals surface area contributed by atoms with Gasteiger partial charge in [-0.1, -0.05) is 25.1 Å². The number of nitrogens with one attached hydrogen (secondary N) is 2. The van der Waals surface area contributed by atoms with E-state index >= 15 is 0 Å². The number of nitrogens with zero attached hydrogens (tertiary/aromatic N) is 3. The van der Waals surface area contributed by atoms with E-state index in [0.717, 1.165) is 29.8 Å². The Kier molecular flexibility index (Phi) is 4.52. The average Bonchev–Trinajstić information content (AvgIpc) is 3.25. The lowest BCUT2D eigenvalue weighted by Crippen LogP contribution is -2.25. The van der Waals surface area contributed by atoms with E-state index in [1.165, 1.54) is 0 Å². The molecule has 3 rings (SSSR count). The maximum Gasteiger partial charge on any atom is 0.271 e. The minimum Gasteiger partial charge on any atom is -0.350 e. The zero-order valence-electron chi connectivity index (χ0n) is 13.0. The van der Waals surface area contributed by atoms with Gasteiger partial charge in [0.05, 0.1) is 11.9 Å². The molecule has 0 spiro atoms. The van der Waals surface area contributed by atoms with Crippen molar-refractivity contribution in [3.63, 3.8) is 0 Å². The van der Waals surface area contributed by atoms with Crippen LogP contribution in [0, 0.1) is 0 Å². The molecule has 1 aromatic carbocycles. The maximum atomic E-state index is 12.0. The zero-order chi connectivity index (χ0) is 16.1. The van der Waals surface area contributed by atoms with Gasteiger partial charge in [-0.05, 0) is 36.6 Å². The van der Waals surface area contributed by atoms with Gasteiger partial charge < -0.3 is 5.32 Å². The van der Waals surface area contributed by atoms with Crippen molar-refractivity contribution in [2.75, 3.05) is 6.54 Å². The van der Waals surface area contributed by atoms with Gasteiger partial charge in [-0.25, -0.2) is 4.68 Å². The number of para-hydroxylation sites is 1. The number of H-pyrrole nitrogens is 1. The first kappa shape index (κ1) is 15.0. The second kappa shape index (κ2) is 6.91. The number of rotatable bonds is 6.